The predicted molar refractivity (Wildman–Crippen MR) is 94.9 cm³/mol. The Morgan fingerprint density at radius 3 is 2.75 bits per heavy atom. The van der Waals surface area contributed by atoms with Crippen LogP contribution in [0.2, 0.25) is 0 Å². The molecule has 5 rings (SSSR count). The lowest BCUT2D eigenvalue weighted by molar-refractivity contribution is 0.189. The molecule has 2 aromatic heterocycles. The fourth-order valence-electron chi connectivity index (χ4n) is 4.29. The van der Waals surface area contributed by atoms with Crippen LogP contribution < -0.4 is 5.73 Å². The van der Waals surface area contributed by atoms with E-state index in [1.54, 1.807) is 0 Å². The zero-order valence-electron chi connectivity index (χ0n) is 14.2. The third-order valence-electron chi connectivity index (χ3n) is 6.10. The summed E-state index contributed by atoms with van der Waals surface area (Å²) >= 11 is 0. The molecular formula is C20H26N4. The molecule has 3 aliphatic rings. The van der Waals surface area contributed by atoms with Gasteiger partial charge in [-0.3, -0.25) is 9.67 Å². The number of nitrogens with zero attached hydrogens (tertiary/aromatic N) is 3. The van der Waals surface area contributed by atoms with Crippen molar-refractivity contribution in [2.45, 2.75) is 63.3 Å². The van der Waals surface area contributed by atoms with Crippen molar-refractivity contribution in [1.29, 1.82) is 0 Å². The summed E-state index contributed by atoms with van der Waals surface area (Å²) in [5, 5.41) is 4.99. The molecule has 0 spiro atoms. The van der Waals surface area contributed by atoms with E-state index in [0.717, 1.165) is 18.7 Å². The monoisotopic (exact) mass is 322 g/mol. The van der Waals surface area contributed by atoms with Gasteiger partial charge in [-0.25, -0.2) is 0 Å². The second kappa shape index (κ2) is 5.69. The van der Waals surface area contributed by atoms with E-state index < -0.39 is 0 Å². The van der Waals surface area contributed by atoms with E-state index in [4.69, 9.17) is 15.8 Å². The molecule has 24 heavy (non-hydrogen) atoms. The van der Waals surface area contributed by atoms with Crippen molar-refractivity contribution in [3.63, 3.8) is 0 Å². The van der Waals surface area contributed by atoms with Gasteiger partial charge >= 0.3 is 0 Å². The molecule has 0 amide bonds. The number of aryl methyl sites for hydroxylation is 2. The van der Waals surface area contributed by atoms with Gasteiger partial charge in [-0.05, 0) is 75.5 Å². The average molecular weight is 322 g/mol. The molecule has 0 radical (unpaired) electrons. The molecule has 2 fully saturated rings. The molecule has 126 valence electrons. The predicted octanol–water partition coefficient (Wildman–Crippen LogP) is 3.61. The Labute approximate surface area is 143 Å². The number of hydrogen-bond acceptors (Lipinski definition) is 3. The maximum atomic E-state index is 5.78. The lowest BCUT2D eigenvalue weighted by Crippen LogP contribution is -2.32. The second-order valence-electron chi connectivity index (χ2n) is 7.92. The fourth-order valence-corrected chi connectivity index (χ4v) is 4.29. The van der Waals surface area contributed by atoms with Crippen molar-refractivity contribution in [3.8, 4) is 11.3 Å². The maximum absolute atomic E-state index is 5.78. The van der Waals surface area contributed by atoms with E-state index in [-0.39, 0.29) is 0 Å². The van der Waals surface area contributed by atoms with Crippen LogP contribution >= 0.6 is 0 Å². The Kier molecular flexibility index (Phi) is 3.47. The average Bonchev–Trinajstić information content (AvgIpc) is 3.33. The highest BCUT2D eigenvalue weighted by molar-refractivity contribution is 5.63. The minimum atomic E-state index is 0.544. The Morgan fingerprint density at radius 2 is 1.96 bits per heavy atom. The second-order valence-corrected chi connectivity index (χ2v) is 7.92. The Morgan fingerprint density at radius 1 is 1.12 bits per heavy atom. The molecule has 0 unspecified atom stereocenters. The zero-order valence-corrected chi connectivity index (χ0v) is 14.2. The number of hydrogen-bond donors (Lipinski definition) is 1. The van der Waals surface area contributed by atoms with Crippen LogP contribution in [0.4, 0.5) is 0 Å². The van der Waals surface area contributed by atoms with E-state index in [0.29, 0.717) is 17.9 Å². The van der Waals surface area contributed by atoms with Gasteiger partial charge < -0.3 is 5.73 Å². The van der Waals surface area contributed by atoms with Crippen molar-refractivity contribution < 1.29 is 0 Å². The fraction of sp³-hybridized carbons (Fsp3) is 0.600. The highest BCUT2D eigenvalue weighted by Gasteiger charge is 2.34. The third kappa shape index (κ3) is 2.48. The smallest absolute Gasteiger partial charge is 0.0749 e. The first-order valence-corrected chi connectivity index (χ1v) is 9.60. The van der Waals surface area contributed by atoms with Crippen molar-refractivity contribution in [2.24, 2.45) is 11.7 Å². The Balaban J connectivity index is 1.49. The molecule has 0 atom stereocenters. The zero-order chi connectivity index (χ0) is 16.1. The lowest BCUT2D eigenvalue weighted by Gasteiger charge is -2.34. The van der Waals surface area contributed by atoms with Crippen molar-refractivity contribution in [1.82, 2.24) is 14.8 Å². The number of rotatable bonds is 4. The van der Waals surface area contributed by atoms with Gasteiger partial charge in [0.15, 0.2) is 0 Å². The molecule has 0 aromatic carbocycles. The minimum absolute atomic E-state index is 0.544. The first-order valence-electron chi connectivity index (χ1n) is 9.60. The first-order chi connectivity index (χ1) is 11.8. The largest absolute Gasteiger partial charge is 0.330 e. The summed E-state index contributed by atoms with van der Waals surface area (Å²) in [6, 6.07) is 5.07. The van der Waals surface area contributed by atoms with Crippen LogP contribution in [0.1, 0.15) is 67.4 Å². The van der Waals surface area contributed by atoms with Crippen LogP contribution in [-0.2, 0) is 12.8 Å². The van der Waals surface area contributed by atoms with Crippen LogP contribution in [-0.4, -0.2) is 21.3 Å². The van der Waals surface area contributed by atoms with E-state index in [9.17, 15) is 0 Å². The van der Waals surface area contributed by atoms with Gasteiger partial charge in [-0.15, -0.1) is 0 Å². The molecule has 0 saturated heterocycles. The topological polar surface area (TPSA) is 56.7 Å². The van der Waals surface area contributed by atoms with Crippen LogP contribution in [0.15, 0.2) is 18.3 Å². The number of pyridine rings is 1. The van der Waals surface area contributed by atoms with E-state index in [1.165, 1.54) is 67.5 Å². The molecule has 3 aliphatic carbocycles. The van der Waals surface area contributed by atoms with Gasteiger partial charge in [0, 0.05) is 23.4 Å². The van der Waals surface area contributed by atoms with Crippen molar-refractivity contribution >= 4 is 0 Å². The van der Waals surface area contributed by atoms with E-state index in [2.05, 4.69) is 23.0 Å². The SMILES string of the molecule is NCC1CC(n2cc(-c3ccc4c(n3)CCCC4)c(C3CC3)n2)C1. The summed E-state index contributed by atoms with van der Waals surface area (Å²) in [5.41, 5.74) is 12.3. The summed E-state index contributed by atoms with van der Waals surface area (Å²) in [4.78, 5) is 5.03. The molecule has 4 nitrogen and oxygen atoms in total. The molecule has 2 saturated carbocycles. The van der Waals surface area contributed by atoms with Crippen molar-refractivity contribution in [2.75, 3.05) is 6.54 Å². The lowest BCUT2D eigenvalue weighted by atomic mass is 9.80. The quantitative estimate of drug-likeness (QED) is 0.935. The summed E-state index contributed by atoms with van der Waals surface area (Å²) in [6.45, 7) is 0.812. The van der Waals surface area contributed by atoms with E-state index >= 15 is 0 Å². The van der Waals surface area contributed by atoms with Crippen LogP contribution in [0.25, 0.3) is 11.3 Å². The molecule has 2 aromatic rings. The molecule has 2 heterocycles. The molecule has 2 N–H and O–H groups in total. The van der Waals surface area contributed by atoms with Crippen molar-refractivity contribution in [3.05, 3.63) is 35.3 Å². The number of nitrogens with two attached hydrogens (primary N) is 1. The van der Waals surface area contributed by atoms with Gasteiger partial charge in [-0.1, -0.05) is 6.07 Å². The van der Waals surface area contributed by atoms with Crippen LogP contribution in [0.3, 0.4) is 0 Å². The summed E-state index contributed by atoms with van der Waals surface area (Å²) in [7, 11) is 0. The first kappa shape index (κ1) is 14.6. The van der Waals surface area contributed by atoms with Gasteiger partial charge in [-0.2, -0.15) is 5.10 Å². The Bertz CT molecular complexity index is 753. The summed E-state index contributed by atoms with van der Waals surface area (Å²) < 4.78 is 2.22. The molecule has 0 bridgehead atoms. The van der Waals surface area contributed by atoms with Gasteiger partial charge in [0.25, 0.3) is 0 Å². The summed E-state index contributed by atoms with van der Waals surface area (Å²) in [6.07, 6.45) is 12.1. The number of aromatic nitrogens is 3. The standard InChI is InChI=1S/C20H26N4/c21-11-13-9-16(10-13)24-12-17(20(23-24)15-5-6-15)19-8-7-14-3-1-2-4-18(14)22-19/h7-8,12-13,15-16H,1-6,9-11,21H2. The highest BCUT2D eigenvalue weighted by Crippen LogP contribution is 2.45. The highest BCUT2D eigenvalue weighted by atomic mass is 15.3. The summed E-state index contributed by atoms with van der Waals surface area (Å²) in [5.74, 6) is 1.35. The van der Waals surface area contributed by atoms with Crippen LogP contribution in [0, 0.1) is 5.92 Å². The Hall–Kier alpha value is -1.68. The van der Waals surface area contributed by atoms with Gasteiger partial charge in [0.1, 0.15) is 0 Å². The molecule has 4 heteroatoms. The molecular weight excluding hydrogens is 296 g/mol. The minimum Gasteiger partial charge on any atom is -0.330 e. The normalized spacial score (nSPS) is 26.0. The maximum Gasteiger partial charge on any atom is 0.0749 e. The molecule has 0 aliphatic heterocycles. The van der Waals surface area contributed by atoms with Gasteiger partial charge in [0.05, 0.1) is 17.4 Å². The number of fused-ring (bicyclic) bond motifs is 1. The third-order valence-corrected chi connectivity index (χ3v) is 6.10. The van der Waals surface area contributed by atoms with E-state index in [1.807, 2.05) is 0 Å². The van der Waals surface area contributed by atoms with Gasteiger partial charge in [0.2, 0.25) is 0 Å². The van der Waals surface area contributed by atoms with Crippen LogP contribution in [0.5, 0.6) is 0 Å².